The van der Waals surface area contributed by atoms with E-state index >= 15 is 0 Å². The van der Waals surface area contributed by atoms with Crippen LogP contribution >= 0.6 is 12.6 Å². The summed E-state index contributed by atoms with van der Waals surface area (Å²) in [4.78, 5) is 57.7. The molecule has 3 aromatic rings. The lowest BCUT2D eigenvalue weighted by atomic mass is 10.0. The molecule has 212 valence electrons. The Balaban J connectivity index is 1.72. The first-order chi connectivity index (χ1) is 19.2. The number of aromatic hydroxyl groups is 1. The second kappa shape index (κ2) is 14.7. The van der Waals surface area contributed by atoms with Gasteiger partial charge in [-0.15, -0.1) is 0 Å². The van der Waals surface area contributed by atoms with Gasteiger partial charge in [-0.2, -0.15) is 12.6 Å². The average Bonchev–Trinajstić information content (AvgIpc) is 3.45. The molecular weight excluding hydrogens is 536 g/mol. The number of rotatable bonds is 14. The number of H-pyrrole nitrogens is 1. The van der Waals surface area contributed by atoms with Gasteiger partial charge in [0, 0.05) is 36.9 Å². The Morgan fingerprint density at radius 1 is 0.825 bits per heavy atom. The molecule has 0 saturated heterocycles. The number of nitrogens with zero attached hydrogens (tertiary/aromatic N) is 1. The Bertz CT molecular complexity index is 1270. The van der Waals surface area contributed by atoms with Crippen molar-refractivity contribution in [3.05, 3.63) is 83.9 Å². The van der Waals surface area contributed by atoms with Gasteiger partial charge in [0.05, 0.1) is 12.4 Å². The summed E-state index contributed by atoms with van der Waals surface area (Å²) in [6, 6.07) is 10.3. The molecule has 0 aliphatic carbocycles. The average molecular weight is 569 g/mol. The summed E-state index contributed by atoms with van der Waals surface area (Å²) < 4.78 is 0. The molecule has 0 bridgehead atoms. The van der Waals surface area contributed by atoms with Gasteiger partial charge < -0.3 is 36.9 Å². The van der Waals surface area contributed by atoms with Gasteiger partial charge in [0.15, 0.2) is 0 Å². The van der Waals surface area contributed by atoms with Gasteiger partial charge in [0.25, 0.3) is 0 Å². The van der Waals surface area contributed by atoms with Crippen LogP contribution in [0.25, 0.3) is 0 Å². The van der Waals surface area contributed by atoms with E-state index in [0.29, 0.717) is 16.8 Å². The fourth-order valence-electron chi connectivity index (χ4n) is 3.87. The van der Waals surface area contributed by atoms with Gasteiger partial charge in [-0.05, 0) is 23.3 Å². The highest BCUT2D eigenvalue weighted by molar-refractivity contribution is 7.80. The van der Waals surface area contributed by atoms with Gasteiger partial charge in [-0.1, -0.05) is 42.5 Å². The van der Waals surface area contributed by atoms with Crippen LogP contribution in [0.4, 0.5) is 0 Å². The zero-order valence-corrected chi connectivity index (χ0v) is 22.4. The van der Waals surface area contributed by atoms with Crippen molar-refractivity contribution < 1.29 is 29.4 Å². The number of carboxylic acid groups (broad SMARTS) is 1. The van der Waals surface area contributed by atoms with E-state index in [9.17, 15) is 29.4 Å². The molecule has 8 N–H and O–H groups in total. The predicted octanol–water partition coefficient (Wildman–Crippen LogP) is -0.0607. The Labute approximate surface area is 236 Å². The number of imidazole rings is 1. The van der Waals surface area contributed by atoms with Crippen molar-refractivity contribution >= 4 is 36.3 Å². The second-order valence-corrected chi connectivity index (χ2v) is 9.52. The molecule has 1 aromatic heterocycles. The summed E-state index contributed by atoms with van der Waals surface area (Å²) in [5.74, 6) is -3.34. The zero-order chi connectivity index (χ0) is 29.1. The number of nitrogens with two attached hydrogens (primary N) is 1. The van der Waals surface area contributed by atoms with Crippen molar-refractivity contribution in [3.63, 3.8) is 0 Å². The monoisotopic (exact) mass is 568 g/mol. The van der Waals surface area contributed by atoms with Crippen LogP contribution in [-0.2, 0) is 38.4 Å². The van der Waals surface area contributed by atoms with E-state index in [1.54, 1.807) is 42.5 Å². The van der Waals surface area contributed by atoms with Crippen molar-refractivity contribution in [1.29, 1.82) is 0 Å². The molecule has 1 heterocycles. The first-order valence-corrected chi connectivity index (χ1v) is 13.1. The molecule has 13 heteroatoms. The summed E-state index contributed by atoms with van der Waals surface area (Å²) in [5.41, 5.74) is 7.91. The van der Waals surface area contributed by atoms with Crippen LogP contribution in [0.3, 0.4) is 0 Å². The fraction of sp³-hybridized carbons (Fsp3) is 0.296. The molecular formula is C27H32N6O6S. The van der Waals surface area contributed by atoms with Gasteiger partial charge in [0.2, 0.25) is 17.7 Å². The Hall–Kier alpha value is -4.36. The Morgan fingerprint density at radius 2 is 1.40 bits per heavy atom. The minimum Gasteiger partial charge on any atom is -0.508 e. The van der Waals surface area contributed by atoms with E-state index < -0.39 is 47.9 Å². The molecule has 0 aliphatic rings. The van der Waals surface area contributed by atoms with E-state index in [1.807, 2.05) is 0 Å². The lowest BCUT2D eigenvalue weighted by Gasteiger charge is -2.25. The largest absolute Gasteiger partial charge is 0.508 e. The normalized spacial score (nSPS) is 13.8. The molecule has 2 aromatic carbocycles. The summed E-state index contributed by atoms with van der Waals surface area (Å²) >= 11 is 4.17. The molecule has 0 radical (unpaired) electrons. The number of carboxylic acids is 1. The van der Waals surface area contributed by atoms with Crippen molar-refractivity contribution in [2.24, 2.45) is 5.73 Å². The van der Waals surface area contributed by atoms with Crippen LogP contribution in [0.1, 0.15) is 16.8 Å². The molecule has 3 rings (SSSR count). The van der Waals surface area contributed by atoms with Crippen LogP contribution in [0.5, 0.6) is 5.75 Å². The number of phenolic OH excluding ortho intramolecular Hbond substituents is 1. The van der Waals surface area contributed by atoms with Crippen molar-refractivity contribution in [2.45, 2.75) is 43.4 Å². The van der Waals surface area contributed by atoms with Gasteiger partial charge in [0.1, 0.15) is 23.9 Å². The van der Waals surface area contributed by atoms with Crippen molar-refractivity contribution in [3.8, 4) is 5.75 Å². The summed E-state index contributed by atoms with van der Waals surface area (Å²) in [7, 11) is 0. The topological polar surface area (TPSA) is 200 Å². The number of carbonyl (C=O) groups is 4. The zero-order valence-electron chi connectivity index (χ0n) is 21.5. The fourth-order valence-corrected chi connectivity index (χ4v) is 4.13. The van der Waals surface area contributed by atoms with Gasteiger partial charge >= 0.3 is 5.97 Å². The molecule has 0 fully saturated rings. The number of amides is 3. The van der Waals surface area contributed by atoms with Crippen LogP contribution < -0.4 is 21.7 Å². The number of phenols is 1. The maximum absolute atomic E-state index is 13.3. The molecule has 0 aliphatic heterocycles. The Morgan fingerprint density at radius 3 is 2.00 bits per heavy atom. The van der Waals surface area contributed by atoms with E-state index in [4.69, 9.17) is 5.73 Å². The van der Waals surface area contributed by atoms with E-state index in [0.717, 1.165) is 0 Å². The lowest BCUT2D eigenvalue weighted by Crippen LogP contribution is -2.58. The molecule has 40 heavy (non-hydrogen) atoms. The van der Waals surface area contributed by atoms with E-state index in [2.05, 4.69) is 38.5 Å². The predicted molar refractivity (Wildman–Crippen MR) is 150 cm³/mol. The van der Waals surface area contributed by atoms with Gasteiger partial charge in [-0.3, -0.25) is 14.4 Å². The molecule has 0 spiro atoms. The number of aromatic nitrogens is 2. The van der Waals surface area contributed by atoms with Crippen LogP contribution in [0.2, 0.25) is 0 Å². The number of thiol groups is 1. The molecule has 12 nitrogen and oxygen atoms in total. The number of carbonyl (C=O) groups excluding carboxylic acids is 3. The summed E-state index contributed by atoms with van der Waals surface area (Å²) in [5, 5.41) is 27.0. The first-order valence-electron chi connectivity index (χ1n) is 12.5. The summed E-state index contributed by atoms with van der Waals surface area (Å²) in [6.45, 7) is 0. The second-order valence-electron chi connectivity index (χ2n) is 9.15. The summed E-state index contributed by atoms with van der Waals surface area (Å²) in [6.07, 6.45) is 3.17. The minimum atomic E-state index is -1.25. The third-order valence-corrected chi connectivity index (χ3v) is 6.42. The first kappa shape index (κ1) is 30.2. The number of benzene rings is 2. The third-order valence-electron chi connectivity index (χ3n) is 6.05. The molecule has 3 amide bonds. The third kappa shape index (κ3) is 9.13. The maximum atomic E-state index is 13.3. The SMILES string of the molecule is NC(Cc1cnc[nH]1)C(=O)NC(CS)C(=O)NC(Cc1ccc(O)cc1)C(=O)NC(Cc1ccccc1)C(=O)O. The number of aromatic amines is 1. The van der Waals surface area contributed by atoms with E-state index in [1.165, 1.54) is 24.7 Å². The molecule has 4 atom stereocenters. The van der Waals surface area contributed by atoms with Crippen LogP contribution in [0, 0.1) is 0 Å². The minimum absolute atomic E-state index is 0.0118. The van der Waals surface area contributed by atoms with Gasteiger partial charge in [-0.25, -0.2) is 9.78 Å². The number of nitrogens with one attached hydrogen (secondary N) is 4. The number of hydrogen-bond acceptors (Lipinski definition) is 8. The van der Waals surface area contributed by atoms with Crippen molar-refractivity contribution in [2.75, 3.05) is 5.75 Å². The van der Waals surface area contributed by atoms with E-state index in [-0.39, 0.29) is 30.8 Å². The smallest absolute Gasteiger partial charge is 0.326 e. The molecule has 0 saturated carbocycles. The highest BCUT2D eigenvalue weighted by atomic mass is 32.1. The standard InChI is InChI=1S/C27H32N6O6S/c28-20(12-18-13-29-15-30-18)24(35)33-23(14-40)26(37)31-21(10-17-6-8-19(34)9-7-17)25(36)32-22(27(38)39)11-16-4-2-1-3-5-16/h1-9,13,15,20-23,34,40H,10-12,14,28H2,(H,29,30)(H,31,37)(H,32,36)(H,33,35)(H,38,39). The number of aliphatic carboxylic acids is 1. The highest BCUT2D eigenvalue weighted by Gasteiger charge is 2.30. The lowest BCUT2D eigenvalue weighted by molar-refractivity contribution is -0.142. The highest BCUT2D eigenvalue weighted by Crippen LogP contribution is 2.12. The van der Waals surface area contributed by atoms with Crippen LogP contribution in [-0.4, -0.2) is 73.8 Å². The van der Waals surface area contributed by atoms with Crippen molar-refractivity contribution in [1.82, 2.24) is 25.9 Å². The van der Waals surface area contributed by atoms with Crippen LogP contribution in [0.15, 0.2) is 67.1 Å². The Kier molecular flexibility index (Phi) is 11.1. The quantitative estimate of drug-likeness (QED) is 0.124. The maximum Gasteiger partial charge on any atom is 0.326 e. The number of hydrogen-bond donors (Lipinski definition) is 8. The molecule has 4 unspecified atom stereocenters.